The van der Waals surface area contributed by atoms with E-state index in [0.717, 1.165) is 0 Å². The molecule has 0 spiro atoms. The van der Waals surface area contributed by atoms with Crippen molar-refractivity contribution in [3.8, 4) is 22.3 Å². The summed E-state index contributed by atoms with van der Waals surface area (Å²) in [6.07, 6.45) is 0. The fourth-order valence-corrected chi connectivity index (χ4v) is 34.4. The zero-order chi connectivity index (χ0) is 46.2. The molecule has 0 saturated heterocycles. The first kappa shape index (κ1) is 47.0. The molecule has 1 atom stereocenters. The van der Waals surface area contributed by atoms with E-state index in [-0.39, 0.29) is 0 Å². The number of benzene rings is 7. The van der Waals surface area contributed by atoms with Gasteiger partial charge in [-0.1, -0.05) is 0 Å². The van der Waals surface area contributed by atoms with Gasteiger partial charge in [-0.25, -0.2) is 0 Å². The second-order valence-electron chi connectivity index (χ2n) is 20.4. The van der Waals surface area contributed by atoms with Crippen molar-refractivity contribution < 1.29 is 0 Å². The summed E-state index contributed by atoms with van der Waals surface area (Å²) < 4.78 is 4.95. The van der Waals surface area contributed by atoms with Gasteiger partial charge in [0.2, 0.25) is 0 Å². The van der Waals surface area contributed by atoms with Gasteiger partial charge >= 0.3 is 403 Å². The molecule has 0 unspecified atom stereocenters. The second kappa shape index (κ2) is 19.8. The van der Waals surface area contributed by atoms with Crippen molar-refractivity contribution in [1.29, 1.82) is 0 Å². The van der Waals surface area contributed by atoms with Crippen LogP contribution in [0.3, 0.4) is 0 Å². The average molecular weight is 978 g/mol. The summed E-state index contributed by atoms with van der Waals surface area (Å²) in [4.78, 5) is 0. The first-order chi connectivity index (χ1) is 31.2. The fraction of sp³-hybridized carbons (Fsp3) is 0.302. The molecule has 7 aromatic rings. The third-order valence-electron chi connectivity index (χ3n) is 14.0. The van der Waals surface area contributed by atoms with Crippen LogP contribution in [0.5, 0.6) is 0 Å². The Morgan fingerprint density at radius 3 is 1.09 bits per heavy atom. The third kappa shape index (κ3) is 8.80. The Hall–Kier alpha value is -4.49. The number of hydrogen-bond acceptors (Lipinski definition) is 0. The molecule has 1 aliphatic heterocycles. The normalized spacial score (nSPS) is 15.0. The topological polar surface area (TPSA) is 0 Å². The molecule has 332 valence electrons. The molecule has 0 fully saturated rings. The molecule has 0 amide bonds. The Morgan fingerprint density at radius 2 is 0.738 bits per heavy atom. The monoisotopic (exact) mass is 978 g/mol. The minimum atomic E-state index is -3.24. The second-order valence-corrected chi connectivity index (χ2v) is 31.7. The molecule has 8 rings (SSSR count). The van der Waals surface area contributed by atoms with E-state index in [2.05, 4.69) is 251 Å². The minimum absolute atomic E-state index is 0.311. The van der Waals surface area contributed by atoms with Crippen LogP contribution in [0.15, 0.2) is 168 Å². The quantitative estimate of drug-likeness (QED) is 0.0798. The summed E-state index contributed by atoms with van der Waals surface area (Å²) in [5.41, 5.74) is 17.6. The van der Waals surface area contributed by atoms with Crippen LogP contribution in [-0.2, 0) is 0 Å². The molecule has 0 aliphatic carbocycles. The molecule has 65 heavy (non-hydrogen) atoms. The van der Waals surface area contributed by atoms with E-state index in [1.165, 1.54) is 77.4 Å². The predicted octanol–water partition coefficient (Wildman–Crippen LogP) is 17.0. The van der Waals surface area contributed by atoms with Crippen LogP contribution in [-0.4, -0.2) is 19.8 Å². The van der Waals surface area contributed by atoms with Gasteiger partial charge in [-0.3, -0.25) is 0 Å². The van der Waals surface area contributed by atoms with Crippen LogP contribution in [0.4, 0.5) is 0 Å². The molecule has 0 aromatic heterocycles. The predicted molar refractivity (Wildman–Crippen MR) is 290 cm³/mol. The molecular weight excluding hydrogens is 906 g/mol. The van der Waals surface area contributed by atoms with Crippen LogP contribution in [0, 0.1) is 0 Å². The van der Waals surface area contributed by atoms with Crippen molar-refractivity contribution in [2.24, 2.45) is 0 Å². The summed E-state index contributed by atoms with van der Waals surface area (Å²) in [6.45, 7) is 28.9. The van der Waals surface area contributed by atoms with Gasteiger partial charge in [0.15, 0.2) is 0 Å². The van der Waals surface area contributed by atoms with E-state index in [1.807, 2.05) is 0 Å². The van der Waals surface area contributed by atoms with Crippen LogP contribution in [0.1, 0.15) is 167 Å². The van der Waals surface area contributed by atoms with Crippen molar-refractivity contribution in [2.45, 2.75) is 122 Å². The van der Waals surface area contributed by atoms with Gasteiger partial charge in [0.1, 0.15) is 0 Å². The van der Waals surface area contributed by atoms with Crippen molar-refractivity contribution in [3.05, 3.63) is 212 Å². The van der Waals surface area contributed by atoms with Gasteiger partial charge in [-0.2, -0.15) is 0 Å². The van der Waals surface area contributed by atoms with Gasteiger partial charge in [0, 0.05) is 0 Å². The van der Waals surface area contributed by atoms with Gasteiger partial charge < -0.3 is 0 Å². The Balaban J connectivity index is 1.64. The SMILES string of the molecule is CC(C)c1cc(C(C)C)c(-c2cccc(-c3c(C(C)C)cc(C(C)C)cc3C(C)C)[c]2[Sn-]2[CH]=C(c3ccccc3)[P+](c3ccccc3)(c3ccccc3)[C@@H]2c2ccccc2)c(C(C)C)c1. The molecule has 1 aliphatic rings. The molecule has 1 heterocycles. The van der Waals surface area contributed by atoms with Crippen LogP contribution in [0.25, 0.3) is 27.6 Å². The molecule has 2 heteroatoms. The summed E-state index contributed by atoms with van der Waals surface area (Å²) in [6, 6.07) is 64.7. The average Bonchev–Trinajstić information content (AvgIpc) is 3.68. The summed E-state index contributed by atoms with van der Waals surface area (Å²) in [5, 5.41) is 4.51. The zero-order valence-electron chi connectivity index (χ0n) is 41.2. The summed E-state index contributed by atoms with van der Waals surface area (Å²) >= 11 is -3.24. The summed E-state index contributed by atoms with van der Waals surface area (Å²) in [5.74, 6) is 2.33. The molecular formula is C63H71PSn. The van der Waals surface area contributed by atoms with Gasteiger partial charge in [-0.05, 0) is 0 Å². The molecule has 0 nitrogen and oxygen atoms in total. The van der Waals surface area contributed by atoms with Gasteiger partial charge in [-0.15, -0.1) is 0 Å². The van der Waals surface area contributed by atoms with E-state index in [4.69, 9.17) is 0 Å². The van der Waals surface area contributed by atoms with Crippen LogP contribution >= 0.6 is 7.26 Å². The standard InChI is InChI=1S/C36H49.C27H22P.Sn/c1-21(2)29-17-31(23(5)6)35(32(18-29)24(7)8)27-14-13-15-28(16-27)36-33(25(9)10)19-30(22(3)4)20-34(36)26(11)12;1-23(25-16-8-3-9-17-25)28(26-18-10-4-11-19-26,27-20-12-5-13-21-27)22-24-14-6-2-7-15-24;/h13-15,17-26H,1-12H3;1-22H;/q;+1;-1. The molecule has 0 radical (unpaired) electrons. The van der Waals surface area contributed by atoms with E-state index in [1.54, 1.807) is 8.89 Å². The van der Waals surface area contributed by atoms with E-state index in [0.29, 0.717) is 39.2 Å². The Bertz CT molecular complexity index is 2570. The fourth-order valence-electron chi connectivity index (χ4n) is 10.7. The van der Waals surface area contributed by atoms with E-state index >= 15 is 0 Å². The summed E-state index contributed by atoms with van der Waals surface area (Å²) in [7, 11) is -2.38. The Morgan fingerprint density at radius 1 is 0.385 bits per heavy atom. The molecule has 0 N–H and O–H groups in total. The maximum atomic E-state index is 2.98. The maximum absolute atomic E-state index is 3.24. The first-order valence-corrected chi connectivity index (χ1v) is 31.0. The number of hydrogen-bond donors (Lipinski definition) is 0. The third-order valence-corrected chi connectivity index (χ3v) is 31.9. The van der Waals surface area contributed by atoms with Crippen molar-refractivity contribution in [1.82, 2.24) is 0 Å². The van der Waals surface area contributed by atoms with E-state index in [9.17, 15) is 0 Å². The van der Waals surface area contributed by atoms with Crippen molar-refractivity contribution in [2.75, 3.05) is 0 Å². The van der Waals surface area contributed by atoms with Crippen molar-refractivity contribution >= 4 is 46.5 Å². The van der Waals surface area contributed by atoms with Crippen molar-refractivity contribution in [3.63, 3.8) is 0 Å². The zero-order valence-corrected chi connectivity index (χ0v) is 44.9. The van der Waals surface area contributed by atoms with E-state index < -0.39 is 27.0 Å². The van der Waals surface area contributed by atoms with Gasteiger partial charge in [0.25, 0.3) is 0 Å². The Kier molecular flexibility index (Phi) is 14.3. The van der Waals surface area contributed by atoms with Crippen LogP contribution in [0.2, 0.25) is 0 Å². The van der Waals surface area contributed by atoms with Crippen LogP contribution < -0.4 is 14.2 Å². The van der Waals surface area contributed by atoms with Gasteiger partial charge in [0.05, 0.1) is 0 Å². The first-order valence-electron chi connectivity index (χ1n) is 24.4. The molecule has 7 aromatic carbocycles. The molecule has 0 saturated carbocycles. The molecule has 0 bridgehead atoms. The number of rotatable bonds is 13. The Labute approximate surface area is 400 Å².